The molecular weight excluding hydrogens is 296 g/mol. The highest BCUT2D eigenvalue weighted by Crippen LogP contribution is 1.98. The second kappa shape index (κ2) is 8.00. The summed E-state index contributed by atoms with van der Waals surface area (Å²) in [7, 11) is 0. The van der Waals surface area contributed by atoms with E-state index in [1.165, 1.54) is 12.4 Å². The molecule has 0 radical (unpaired) electrons. The summed E-state index contributed by atoms with van der Waals surface area (Å²) in [5.41, 5.74) is 3.65. The van der Waals surface area contributed by atoms with Crippen LogP contribution in [0.1, 0.15) is 22.5 Å². The van der Waals surface area contributed by atoms with Gasteiger partial charge in [-0.15, -0.1) is 0 Å². The molecule has 0 aliphatic carbocycles. The minimum absolute atomic E-state index is 0.411. The Morgan fingerprint density at radius 1 is 0.913 bits per heavy atom. The second-order valence-corrected chi connectivity index (χ2v) is 5.09. The lowest BCUT2D eigenvalue weighted by Crippen LogP contribution is -2.43. The molecule has 0 saturated heterocycles. The Morgan fingerprint density at radius 3 is 1.70 bits per heavy atom. The van der Waals surface area contributed by atoms with Gasteiger partial charge in [0, 0.05) is 49.2 Å². The van der Waals surface area contributed by atoms with E-state index in [-0.39, 0.29) is 0 Å². The smallest absolute Gasteiger partial charge is 0.258 e. The maximum atomic E-state index is 8.54. The molecule has 2 rings (SSSR count). The van der Waals surface area contributed by atoms with Crippen LogP contribution >= 0.6 is 0 Å². The monoisotopic (exact) mass is 316 g/mol. The molecule has 0 amide bonds. The van der Waals surface area contributed by atoms with Gasteiger partial charge in [-0.2, -0.15) is 9.13 Å². The van der Waals surface area contributed by atoms with Gasteiger partial charge in [-0.05, 0) is 0 Å². The van der Waals surface area contributed by atoms with E-state index in [9.17, 15) is 0 Å². The Labute approximate surface area is 134 Å². The Morgan fingerprint density at radius 2 is 1.35 bits per heavy atom. The van der Waals surface area contributed by atoms with Crippen molar-refractivity contribution in [3.05, 3.63) is 59.2 Å². The van der Waals surface area contributed by atoms with E-state index in [4.69, 9.17) is 15.2 Å². The van der Waals surface area contributed by atoms with Gasteiger partial charge in [0.15, 0.2) is 23.8 Å². The first-order chi connectivity index (χ1) is 11.1. The molecule has 0 bridgehead atoms. The van der Waals surface area contributed by atoms with Gasteiger partial charge in [-0.1, -0.05) is 10.3 Å². The molecule has 7 heteroatoms. The van der Waals surface area contributed by atoms with Gasteiger partial charge >= 0.3 is 0 Å². The average Bonchev–Trinajstić information content (AvgIpc) is 2.52. The molecule has 0 spiro atoms. The molecule has 0 saturated carbocycles. The third-order valence-electron chi connectivity index (χ3n) is 3.43. The molecule has 0 atom stereocenters. The van der Waals surface area contributed by atoms with Gasteiger partial charge in [-0.25, -0.2) is 0 Å². The predicted molar refractivity (Wildman–Crippen MR) is 82.6 cm³/mol. The van der Waals surface area contributed by atoms with Gasteiger partial charge < -0.3 is 10.4 Å². The number of aryl methyl sites for hydroxylation is 2. The third-order valence-corrected chi connectivity index (χ3v) is 3.43. The number of aromatic nitrogens is 2. The van der Waals surface area contributed by atoms with Crippen LogP contribution in [0.5, 0.6) is 0 Å². The summed E-state index contributed by atoms with van der Waals surface area (Å²) in [6.45, 7) is 4.74. The van der Waals surface area contributed by atoms with Gasteiger partial charge in [0.2, 0.25) is 0 Å². The zero-order valence-electron chi connectivity index (χ0n) is 13.1. The van der Waals surface area contributed by atoms with Crippen LogP contribution in [0.2, 0.25) is 0 Å². The van der Waals surface area contributed by atoms with Crippen molar-refractivity contribution in [2.45, 2.75) is 27.3 Å². The summed E-state index contributed by atoms with van der Waals surface area (Å²) in [6, 6.07) is 7.50. The molecule has 2 heterocycles. The second-order valence-electron chi connectivity index (χ2n) is 5.09. The van der Waals surface area contributed by atoms with Gasteiger partial charge in [0.1, 0.15) is 0 Å². The van der Waals surface area contributed by atoms with Crippen molar-refractivity contribution in [2.75, 3.05) is 0 Å². The summed E-state index contributed by atoms with van der Waals surface area (Å²) in [5, 5.41) is 23.1. The van der Waals surface area contributed by atoms with Gasteiger partial charge in [0.25, 0.3) is 13.5 Å². The Balaban J connectivity index is 1.97. The minimum Gasteiger partial charge on any atom is -0.411 e. The van der Waals surface area contributed by atoms with Crippen molar-refractivity contribution in [1.29, 1.82) is 0 Å². The fourth-order valence-electron chi connectivity index (χ4n) is 2.15. The fraction of sp³-hybridized carbons (Fsp3) is 0.250. The van der Waals surface area contributed by atoms with E-state index in [2.05, 4.69) is 10.3 Å². The highest BCUT2D eigenvalue weighted by molar-refractivity contribution is 5.79. The van der Waals surface area contributed by atoms with E-state index in [0.29, 0.717) is 13.5 Å². The van der Waals surface area contributed by atoms with Gasteiger partial charge in [0.05, 0.1) is 12.4 Å². The van der Waals surface area contributed by atoms with Crippen molar-refractivity contribution >= 4 is 12.4 Å². The lowest BCUT2D eigenvalue weighted by Gasteiger charge is -2.03. The van der Waals surface area contributed by atoms with Crippen LogP contribution < -0.4 is 9.13 Å². The number of pyridine rings is 2. The van der Waals surface area contributed by atoms with Crippen LogP contribution in [-0.4, -0.2) is 22.8 Å². The summed E-state index contributed by atoms with van der Waals surface area (Å²) in [6.07, 6.45) is 6.53. The first kappa shape index (κ1) is 16.6. The zero-order valence-corrected chi connectivity index (χ0v) is 13.1. The number of hydrogen-bond donors (Lipinski definition) is 2. The van der Waals surface area contributed by atoms with Crippen LogP contribution in [0.4, 0.5) is 0 Å². The predicted octanol–water partition coefficient (Wildman–Crippen LogP) is 1.13. The van der Waals surface area contributed by atoms with E-state index in [0.717, 1.165) is 22.5 Å². The number of hydrogen-bond acceptors (Lipinski definition) is 5. The minimum atomic E-state index is 0.411. The van der Waals surface area contributed by atoms with E-state index in [1.807, 2.05) is 59.6 Å². The maximum Gasteiger partial charge on any atom is 0.258 e. The first-order valence-corrected chi connectivity index (χ1v) is 7.07. The number of ether oxygens (including phenoxy) is 1. The Hall–Kier alpha value is -2.80. The van der Waals surface area contributed by atoms with Crippen LogP contribution in [0, 0.1) is 13.8 Å². The summed E-state index contributed by atoms with van der Waals surface area (Å²) in [4.78, 5) is 0. The molecule has 120 valence electrons. The Kier molecular flexibility index (Phi) is 5.76. The fourth-order valence-corrected chi connectivity index (χ4v) is 2.15. The van der Waals surface area contributed by atoms with Crippen LogP contribution in [0.15, 0.2) is 47.0 Å². The molecule has 2 N–H and O–H groups in total. The average molecular weight is 316 g/mol. The number of nitrogens with zero attached hydrogens (tertiary/aromatic N) is 4. The molecule has 0 unspecified atom stereocenters. The van der Waals surface area contributed by atoms with Crippen LogP contribution in [0.25, 0.3) is 0 Å². The number of oxime groups is 2. The Bertz CT molecular complexity index is 668. The van der Waals surface area contributed by atoms with E-state index < -0.39 is 0 Å². The highest BCUT2D eigenvalue weighted by Gasteiger charge is 2.10. The maximum absolute atomic E-state index is 8.54. The van der Waals surface area contributed by atoms with Crippen molar-refractivity contribution < 1.29 is 24.3 Å². The van der Waals surface area contributed by atoms with Crippen molar-refractivity contribution in [1.82, 2.24) is 0 Å². The van der Waals surface area contributed by atoms with E-state index >= 15 is 0 Å². The molecule has 23 heavy (non-hydrogen) atoms. The largest absolute Gasteiger partial charge is 0.411 e. The van der Waals surface area contributed by atoms with Crippen molar-refractivity contribution in [2.24, 2.45) is 10.3 Å². The summed E-state index contributed by atoms with van der Waals surface area (Å²) in [5.74, 6) is 0. The SMILES string of the molecule is Cc1cc(/C=N\O)cc[n+]1COC[n+]1ccc(/C=N\O)cc1C. The normalized spacial score (nSPS) is 11.6. The molecule has 7 nitrogen and oxygen atoms in total. The molecule has 0 aromatic carbocycles. The lowest BCUT2D eigenvalue weighted by atomic mass is 10.2. The molecule has 2 aromatic heterocycles. The summed E-state index contributed by atoms with van der Waals surface area (Å²) >= 11 is 0. The molecule has 2 aromatic rings. The molecule has 0 fully saturated rings. The number of rotatable bonds is 6. The van der Waals surface area contributed by atoms with Crippen LogP contribution in [-0.2, 0) is 18.2 Å². The highest BCUT2D eigenvalue weighted by atomic mass is 16.5. The molecule has 0 aliphatic rings. The zero-order chi connectivity index (χ0) is 16.7. The molecular formula is C16H20N4O3+2. The van der Waals surface area contributed by atoms with Crippen LogP contribution in [0.3, 0.4) is 0 Å². The topological polar surface area (TPSA) is 82.2 Å². The first-order valence-electron chi connectivity index (χ1n) is 7.07. The standard InChI is InChI=1S/C16H18N4O3/c1-13-7-15(9-17-21)3-5-19(13)11-23-12-20-6-4-16(10-18-22)8-14(20)2/h3-10H,11-12H2,1-2H3/p+2. The van der Waals surface area contributed by atoms with Gasteiger partial charge in [-0.3, -0.25) is 4.74 Å². The quantitative estimate of drug-likeness (QED) is 0.363. The van der Waals surface area contributed by atoms with Crippen molar-refractivity contribution in [3.8, 4) is 0 Å². The molecule has 0 aliphatic heterocycles. The van der Waals surface area contributed by atoms with E-state index in [1.54, 1.807) is 0 Å². The third kappa shape index (κ3) is 4.58. The van der Waals surface area contributed by atoms with Crippen molar-refractivity contribution in [3.63, 3.8) is 0 Å². The lowest BCUT2D eigenvalue weighted by molar-refractivity contribution is -0.793. The summed E-state index contributed by atoms with van der Waals surface area (Å²) < 4.78 is 9.64.